The second kappa shape index (κ2) is 7.05. The van der Waals surface area contributed by atoms with E-state index in [1.165, 1.54) is 19.1 Å². The van der Waals surface area contributed by atoms with Crippen molar-refractivity contribution in [2.24, 2.45) is 5.73 Å². The van der Waals surface area contributed by atoms with Crippen molar-refractivity contribution >= 4 is 22.7 Å². The molecule has 0 saturated heterocycles. The summed E-state index contributed by atoms with van der Waals surface area (Å²) in [5.41, 5.74) is 5.07. The first-order valence-corrected chi connectivity index (χ1v) is 7.87. The molecule has 0 aliphatic rings. The Bertz CT molecular complexity index is 1110. The molecule has 0 bridgehead atoms. The Hall–Kier alpha value is -3.67. The van der Waals surface area contributed by atoms with E-state index >= 15 is 0 Å². The Morgan fingerprint density at radius 1 is 1.24 bits per heavy atom. The fourth-order valence-corrected chi connectivity index (χ4v) is 2.59. The molecule has 0 saturated carbocycles. The number of aliphatic carboxylic acids is 1. The van der Waals surface area contributed by atoms with Gasteiger partial charge in [-0.05, 0) is 31.2 Å². The van der Waals surface area contributed by atoms with Gasteiger partial charge in [-0.1, -0.05) is 5.16 Å². The van der Waals surface area contributed by atoms with Crippen LogP contribution in [0.1, 0.15) is 16.2 Å². The summed E-state index contributed by atoms with van der Waals surface area (Å²) in [5.74, 6) is -3.93. The average molecular weight is 411 g/mol. The molecule has 0 aliphatic carbocycles. The van der Waals surface area contributed by atoms with E-state index in [0.717, 1.165) is 12.1 Å². The lowest BCUT2D eigenvalue weighted by molar-refractivity contribution is -0.274. The van der Waals surface area contributed by atoms with Crippen molar-refractivity contribution in [3.05, 3.63) is 35.7 Å². The Morgan fingerprint density at radius 2 is 1.86 bits per heavy atom. The summed E-state index contributed by atoms with van der Waals surface area (Å²) in [6, 6.07) is 2.57. The number of aromatic nitrogens is 2. The number of rotatable bonds is 5. The number of aryl methyl sites for hydroxylation is 1. The topological polar surface area (TPSA) is 149 Å². The monoisotopic (exact) mass is 411 g/mol. The van der Waals surface area contributed by atoms with Crippen LogP contribution < -0.4 is 10.5 Å². The third-order valence-corrected chi connectivity index (χ3v) is 3.90. The highest BCUT2D eigenvalue weighted by molar-refractivity contribution is 6.14. The van der Waals surface area contributed by atoms with E-state index in [1.54, 1.807) is 0 Å². The Kier molecular flexibility index (Phi) is 4.88. The van der Waals surface area contributed by atoms with Crippen LogP contribution in [-0.2, 0) is 4.79 Å². The molecule has 152 valence electrons. The van der Waals surface area contributed by atoms with E-state index in [4.69, 9.17) is 15.4 Å². The van der Waals surface area contributed by atoms with E-state index in [-0.39, 0.29) is 27.9 Å². The van der Waals surface area contributed by atoms with Gasteiger partial charge in [0.05, 0.1) is 11.1 Å². The van der Waals surface area contributed by atoms with Gasteiger partial charge in [0.15, 0.2) is 23.1 Å². The van der Waals surface area contributed by atoms with Crippen LogP contribution >= 0.6 is 0 Å². The van der Waals surface area contributed by atoms with Gasteiger partial charge >= 0.3 is 12.3 Å². The van der Waals surface area contributed by atoms with Crippen molar-refractivity contribution in [2.75, 3.05) is 0 Å². The number of Topliss-reactive ketones (excluding diaryl/α,β-unsaturated/α-hetero) is 1. The maximum atomic E-state index is 12.3. The zero-order chi connectivity index (χ0) is 21.5. The molecule has 1 atom stereocenters. The minimum absolute atomic E-state index is 0.000458. The number of fused-ring (bicyclic) bond motifs is 1. The van der Waals surface area contributed by atoms with Gasteiger partial charge in [-0.2, -0.15) is 0 Å². The molecule has 4 N–H and O–H groups in total. The maximum Gasteiger partial charge on any atom is 0.573 e. The van der Waals surface area contributed by atoms with E-state index in [0.29, 0.717) is 0 Å². The lowest BCUT2D eigenvalue weighted by atomic mass is 10.0. The maximum absolute atomic E-state index is 12.3. The standard InChI is InChI=1S/C17H12F3N3O6/c1-6-15-9(13(24)12(22-6)14(25)10(21)16(26)27)11(23-29-15)7-2-4-8(5-3-7)28-17(18,19)20/h2-5,10,24H,21H2,1H3,(H,26,27). The second-order valence-electron chi connectivity index (χ2n) is 5.88. The Morgan fingerprint density at radius 3 is 2.41 bits per heavy atom. The van der Waals surface area contributed by atoms with Crippen molar-refractivity contribution in [3.8, 4) is 22.8 Å². The fraction of sp³-hybridized carbons (Fsp3) is 0.176. The number of ether oxygens (including phenoxy) is 1. The molecule has 0 spiro atoms. The van der Waals surface area contributed by atoms with Gasteiger partial charge in [-0.25, -0.2) is 4.98 Å². The fourth-order valence-electron chi connectivity index (χ4n) is 2.59. The van der Waals surface area contributed by atoms with Gasteiger partial charge in [0.2, 0.25) is 5.78 Å². The summed E-state index contributed by atoms with van der Waals surface area (Å²) in [6.07, 6.45) is -4.86. The van der Waals surface area contributed by atoms with Crippen LogP contribution in [0, 0.1) is 6.92 Å². The summed E-state index contributed by atoms with van der Waals surface area (Å²) in [6.45, 7) is 1.43. The van der Waals surface area contributed by atoms with Gasteiger partial charge in [-0.15, -0.1) is 13.2 Å². The highest BCUT2D eigenvalue weighted by atomic mass is 19.4. The van der Waals surface area contributed by atoms with E-state index in [2.05, 4.69) is 14.9 Å². The molecule has 12 heteroatoms. The molecule has 29 heavy (non-hydrogen) atoms. The number of carboxylic acid groups (broad SMARTS) is 1. The van der Waals surface area contributed by atoms with Crippen molar-refractivity contribution in [2.45, 2.75) is 19.3 Å². The average Bonchev–Trinajstić information content (AvgIpc) is 3.08. The number of aromatic hydroxyl groups is 1. The van der Waals surface area contributed by atoms with Crippen LogP contribution in [0.3, 0.4) is 0 Å². The molecule has 3 rings (SSSR count). The first-order valence-electron chi connectivity index (χ1n) is 7.87. The molecule has 1 aromatic carbocycles. The quantitative estimate of drug-likeness (QED) is 0.425. The normalized spacial score (nSPS) is 12.7. The van der Waals surface area contributed by atoms with E-state index in [9.17, 15) is 27.9 Å². The number of halogens is 3. The Balaban J connectivity index is 2.11. The highest BCUT2D eigenvalue weighted by Crippen LogP contribution is 2.38. The van der Waals surface area contributed by atoms with Gasteiger partial charge < -0.3 is 25.2 Å². The van der Waals surface area contributed by atoms with Gasteiger partial charge in [0.1, 0.15) is 11.4 Å². The zero-order valence-electron chi connectivity index (χ0n) is 14.5. The molecule has 0 amide bonds. The molecule has 9 nitrogen and oxygen atoms in total. The smallest absolute Gasteiger partial charge is 0.505 e. The zero-order valence-corrected chi connectivity index (χ0v) is 14.5. The lowest BCUT2D eigenvalue weighted by Crippen LogP contribution is -2.39. The molecule has 0 aliphatic heterocycles. The Labute approximate surface area is 159 Å². The van der Waals surface area contributed by atoms with Crippen LogP contribution in [-0.4, -0.2) is 44.5 Å². The van der Waals surface area contributed by atoms with Crippen LogP contribution in [0.4, 0.5) is 13.2 Å². The largest absolute Gasteiger partial charge is 0.573 e. The number of nitrogens with two attached hydrogens (primary N) is 1. The second-order valence-corrected chi connectivity index (χ2v) is 5.88. The molecule has 2 aromatic heterocycles. The molecular weight excluding hydrogens is 399 g/mol. The number of ketones is 1. The van der Waals surface area contributed by atoms with E-state index < -0.39 is 41.3 Å². The SMILES string of the molecule is Cc1nc(C(=O)C(N)C(=O)O)c(O)c2c(-c3ccc(OC(F)(F)F)cc3)noc12. The van der Waals surface area contributed by atoms with E-state index in [1.807, 2.05) is 0 Å². The number of carbonyl (C=O) groups excluding carboxylic acids is 1. The number of carbonyl (C=O) groups is 2. The number of alkyl halides is 3. The van der Waals surface area contributed by atoms with Crippen LogP contribution in [0.15, 0.2) is 28.8 Å². The van der Waals surface area contributed by atoms with Gasteiger partial charge in [0, 0.05) is 5.56 Å². The number of benzene rings is 1. The lowest BCUT2D eigenvalue weighted by Gasteiger charge is -2.10. The van der Waals surface area contributed by atoms with Crippen LogP contribution in [0.25, 0.3) is 22.2 Å². The highest BCUT2D eigenvalue weighted by Gasteiger charge is 2.32. The summed E-state index contributed by atoms with van der Waals surface area (Å²) in [4.78, 5) is 27.1. The number of nitrogens with zero attached hydrogens (tertiary/aromatic N) is 2. The van der Waals surface area contributed by atoms with Crippen molar-refractivity contribution in [1.29, 1.82) is 0 Å². The molecule has 0 fully saturated rings. The predicted molar refractivity (Wildman–Crippen MR) is 90.3 cm³/mol. The van der Waals surface area contributed by atoms with Crippen LogP contribution in [0.2, 0.25) is 0 Å². The number of hydrogen-bond acceptors (Lipinski definition) is 8. The summed E-state index contributed by atoms with van der Waals surface area (Å²) < 4.78 is 45.8. The molecule has 0 radical (unpaired) electrons. The molecule has 2 heterocycles. The van der Waals surface area contributed by atoms with Crippen molar-refractivity contribution in [1.82, 2.24) is 10.1 Å². The third kappa shape index (κ3) is 3.82. The molecular formula is C17H12F3N3O6. The number of hydrogen-bond donors (Lipinski definition) is 3. The summed E-state index contributed by atoms with van der Waals surface area (Å²) in [5, 5.41) is 23.1. The third-order valence-electron chi connectivity index (χ3n) is 3.90. The molecule has 1 unspecified atom stereocenters. The molecule has 3 aromatic rings. The van der Waals surface area contributed by atoms with Crippen molar-refractivity contribution < 1.29 is 42.2 Å². The summed E-state index contributed by atoms with van der Waals surface area (Å²) in [7, 11) is 0. The predicted octanol–water partition coefficient (Wildman–Crippen LogP) is 2.40. The summed E-state index contributed by atoms with van der Waals surface area (Å²) >= 11 is 0. The number of pyridine rings is 1. The minimum Gasteiger partial charge on any atom is -0.505 e. The van der Waals surface area contributed by atoms with Crippen LogP contribution in [0.5, 0.6) is 11.5 Å². The first kappa shape index (κ1) is 20.1. The van der Waals surface area contributed by atoms with Gasteiger partial charge in [-0.3, -0.25) is 9.59 Å². The number of carboxylic acids is 1. The van der Waals surface area contributed by atoms with Crippen molar-refractivity contribution in [3.63, 3.8) is 0 Å². The first-order chi connectivity index (χ1) is 13.5. The minimum atomic E-state index is -4.86. The van der Waals surface area contributed by atoms with Gasteiger partial charge in [0.25, 0.3) is 0 Å².